The molecular formula is C7H11N3O. The molecule has 0 spiro atoms. The number of nitrogen functional groups attached to an aromatic ring is 1. The number of H-pyrrole nitrogens is 1. The monoisotopic (exact) mass is 153 g/mol. The lowest BCUT2D eigenvalue weighted by Crippen LogP contribution is -2.01. The van der Waals surface area contributed by atoms with Crippen molar-refractivity contribution < 1.29 is 4.74 Å². The fourth-order valence-corrected chi connectivity index (χ4v) is 1.39. The number of anilines is 1. The standard InChI is InChI=1S/C7H11N3O/c8-6-3-9-10-7(6)5-1-2-11-4-5/h3,5H,1-2,4,8H2,(H,9,10). The topological polar surface area (TPSA) is 63.9 Å². The van der Waals surface area contributed by atoms with Gasteiger partial charge in [0, 0.05) is 18.7 Å². The second-order valence-corrected chi connectivity index (χ2v) is 2.79. The quantitative estimate of drug-likeness (QED) is 0.617. The molecule has 1 atom stereocenters. The molecule has 60 valence electrons. The summed E-state index contributed by atoms with van der Waals surface area (Å²) in [5.41, 5.74) is 7.38. The first-order chi connectivity index (χ1) is 5.38. The number of rotatable bonds is 1. The Morgan fingerprint density at radius 3 is 3.18 bits per heavy atom. The highest BCUT2D eigenvalue weighted by Gasteiger charge is 2.21. The van der Waals surface area contributed by atoms with E-state index in [9.17, 15) is 0 Å². The summed E-state index contributed by atoms with van der Waals surface area (Å²) in [5.74, 6) is 0.404. The van der Waals surface area contributed by atoms with Crippen molar-refractivity contribution in [2.75, 3.05) is 18.9 Å². The summed E-state index contributed by atoms with van der Waals surface area (Å²) >= 11 is 0. The zero-order valence-corrected chi connectivity index (χ0v) is 6.21. The highest BCUT2D eigenvalue weighted by atomic mass is 16.5. The molecule has 0 radical (unpaired) electrons. The maximum absolute atomic E-state index is 5.67. The van der Waals surface area contributed by atoms with Gasteiger partial charge in [0.05, 0.1) is 18.0 Å². The molecule has 1 aromatic rings. The van der Waals surface area contributed by atoms with Crippen LogP contribution in [0.3, 0.4) is 0 Å². The lowest BCUT2D eigenvalue weighted by Gasteiger charge is -2.02. The lowest BCUT2D eigenvalue weighted by molar-refractivity contribution is 0.193. The average Bonchev–Trinajstić information content (AvgIpc) is 2.55. The molecule has 1 aliphatic heterocycles. The first-order valence-electron chi connectivity index (χ1n) is 3.75. The molecule has 0 saturated carbocycles. The molecule has 0 aromatic carbocycles. The van der Waals surface area contributed by atoms with Crippen molar-refractivity contribution in [2.45, 2.75) is 12.3 Å². The van der Waals surface area contributed by atoms with E-state index in [0.29, 0.717) is 5.92 Å². The molecule has 2 rings (SSSR count). The van der Waals surface area contributed by atoms with E-state index < -0.39 is 0 Å². The van der Waals surface area contributed by atoms with Gasteiger partial charge in [0.2, 0.25) is 0 Å². The molecule has 0 amide bonds. The van der Waals surface area contributed by atoms with E-state index in [1.807, 2.05) is 0 Å². The van der Waals surface area contributed by atoms with E-state index >= 15 is 0 Å². The van der Waals surface area contributed by atoms with Crippen molar-refractivity contribution in [3.63, 3.8) is 0 Å². The molecule has 4 nitrogen and oxygen atoms in total. The Morgan fingerprint density at radius 2 is 2.64 bits per heavy atom. The first-order valence-corrected chi connectivity index (χ1v) is 3.75. The maximum atomic E-state index is 5.67. The fraction of sp³-hybridized carbons (Fsp3) is 0.571. The summed E-state index contributed by atoms with van der Waals surface area (Å²) in [6.07, 6.45) is 2.75. The van der Waals surface area contributed by atoms with Crippen LogP contribution in [0.1, 0.15) is 18.0 Å². The average molecular weight is 153 g/mol. The number of nitrogens with one attached hydrogen (secondary N) is 1. The Morgan fingerprint density at radius 1 is 1.73 bits per heavy atom. The number of nitrogens with two attached hydrogens (primary N) is 1. The van der Waals surface area contributed by atoms with Crippen LogP contribution in [0.2, 0.25) is 0 Å². The van der Waals surface area contributed by atoms with Crippen LogP contribution in [0.4, 0.5) is 5.69 Å². The van der Waals surface area contributed by atoms with Crippen LogP contribution in [-0.4, -0.2) is 23.4 Å². The SMILES string of the molecule is Nc1c[nH]nc1C1CCOC1. The van der Waals surface area contributed by atoms with Gasteiger partial charge in [0.25, 0.3) is 0 Å². The zero-order chi connectivity index (χ0) is 7.68. The molecule has 1 unspecified atom stereocenters. The molecule has 3 N–H and O–H groups in total. The van der Waals surface area contributed by atoms with Gasteiger partial charge in [0.15, 0.2) is 0 Å². The van der Waals surface area contributed by atoms with Gasteiger partial charge in [-0.15, -0.1) is 0 Å². The molecule has 1 saturated heterocycles. The van der Waals surface area contributed by atoms with Crippen molar-refractivity contribution in [2.24, 2.45) is 0 Å². The Hall–Kier alpha value is -1.03. The molecule has 2 heterocycles. The van der Waals surface area contributed by atoms with Gasteiger partial charge in [-0.2, -0.15) is 5.10 Å². The number of aromatic amines is 1. The molecule has 1 aliphatic rings. The predicted molar refractivity (Wildman–Crippen MR) is 41.2 cm³/mol. The number of aromatic nitrogens is 2. The van der Waals surface area contributed by atoms with Crippen LogP contribution in [0, 0.1) is 0 Å². The molecular weight excluding hydrogens is 142 g/mol. The van der Waals surface area contributed by atoms with Crippen LogP contribution in [0.5, 0.6) is 0 Å². The Labute approximate surface area is 64.7 Å². The van der Waals surface area contributed by atoms with Gasteiger partial charge in [-0.25, -0.2) is 0 Å². The molecule has 0 aliphatic carbocycles. The van der Waals surface area contributed by atoms with Crippen molar-refractivity contribution in [3.05, 3.63) is 11.9 Å². The Kier molecular flexibility index (Phi) is 1.54. The molecule has 1 fully saturated rings. The van der Waals surface area contributed by atoms with E-state index in [1.165, 1.54) is 0 Å². The smallest absolute Gasteiger partial charge is 0.0905 e. The second-order valence-electron chi connectivity index (χ2n) is 2.79. The van der Waals surface area contributed by atoms with Crippen LogP contribution in [-0.2, 0) is 4.74 Å². The Balaban J connectivity index is 2.21. The lowest BCUT2D eigenvalue weighted by atomic mass is 10.0. The van der Waals surface area contributed by atoms with Crippen molar-refractivity contribution >= 4 is 5.69 Å². The Bertz CT molecular complexity index is 240. The molecule has 4 heteroatoms. The summed E-state index contributed by atoms with van der Waals surface area (Å²) in [7, 11) is 0. The minimum Gasteiger partial charge on any atom is -0.396 e. The minimum atomic E-state index is 0.404. The van der Waals surface area contributed by atoms with E-state index in [0.717, 1.165) is 31.0 Å². The van der Waals surface area contributed by atoms with Gasteiger partial charge >= 0.3 is 0 Å². The van der Waals surface area contributed by atoms with Gasteiger partial charge < -0.3 is 10.5 Å². The van der Waals surface area contributed by atoms with Crippen LogP contribution in [0.25, 0.3) is 0 Å². The predicted octanol–water partition coefficient (Wildman–Crippen LogP) is 0.496. The number of ether oxygens (including phenoxy) is 1. The maximum Gasteiger partial charge on any atom is 0.0905 e. The fourth-order valence-electron chi connectivity index (χ4n) is 1.39. The summed E-state index contributed by atoms with van der Waals surface area (Å²) < 4.78 is 5.23. The minimum absolute atomic E-state index is 0.404. The third-order valence-corrected chi connectivity index (χ3v) is 2.02. The van der Waals surface area contributed by atoms with Crippen LogP contribution < -0.4 is 5.73 Å². The van der Waals surface area contributed by atoms with Gasteiger partial charge in [-0.3, -0.25) is 5.10 Å². The molecule has 1 aromatic heterocycles. The van der Waals surface area contributed by atoms with Crippen LogP contribution in [0.15, 0.2) is 6.20 Å². The van der Waals surface area contributed by atoms with E-state index in [4.69, 9.17) is 10.5 Å². The van der Waals surface area contributed by atoms with Gasteiger partial charge in [-0.1, -0.05) is 0 Å². The normalized spacial score (nSPS) is 24.2. The summed E-state index contributed by atoms with van der Waals surface area (Å²) in [5, 5.41) is 6.81. The van der Waals surface area contributed by atoms with Crippen molar-refractivity contribution in [1.82, 2.24) is 10.2 Å². The van der Waals surface area contributed by atoms with Crippen molar-refractivity contribution in [1.29, 1.82) is 0 Å². The van der Waals surface area contributed by atoms with Gasteiger partial charge in [-0.05, 0) is 6.42 Å². The highest BCUT2D eigenvalue weighted by Crippen LogP contribution is 2.26. The highest BCUT2D eigenvalue weighted by molar-refractivity contribution is 5.42. The van der Waals surface area contributed by atoms with Crippen molar-refractivity contribution in [3.8, 4) is 0 Å². The van der Waals surface area contributed by atoms with E-state index in [2.05, 4.69) is 10.2 Å². The van der Waals surface area contributed by atoms with Gasteiger partial charge in [0.1, 0.15) is 0 Å². The number of hydrogen-bond acceptors (Lipinski definition) is 3. The third kappa shape index (κ3) is 1.09. The number of nitrogens with zero attached hydrogens (tertiary/aromatic N) is 1. The summed E-state index contributed by atoms with van der Waals surface area (Å²) in [4.78, 5) is 0. The second kappa shape index (κ2) is 2.54. The molecule has 11 heavy (non-hydrogen) atoms. The first kappa shape index (κ1) is 6.67. The van der Waals surface area contributed by atoms with E-state index in [-0.39, 0.29) is 0 Å². The largest absolute Gasteiger partial charge is 0.396 e. The van der Waals surface area contributed by atoms with Crippen LogP contribution >= 0.6 is 0 Å². The molecule has 0 bridgehead atoms. The summed E-state index contributed by atoms with van der Waals surface area (Å²) in [6, 6.07) is 0. The zero-order valence-electron chi connectivity index (χ0n) is 6.21. The van der Waals surface area contributed by atoms with E-state index in [1.54, 1.807) is 6.20 Å². The summed E-state index contributed by atoms with van der Waals surface area (Å²) in [6.45, 7) is 1.59. The third-order valence-electron chi connectivity index (χ3n) is 2.02. The number of hydrogen-bond donors (Lipinski definition) is 2.